The van der Waals surface area contributed by atoms with Gasteiger partial charge in [-0.1, -0.05) is 42.5 Å². The predicted octanol–water partition coefficient (Wildman–Crippen LogP) is 7.68. The number of aromatic nitrogens is 5. The van der Waals surface area contributed by atoms with E-state index in [1.165, 1.54) is 18.5 Å². The first-order chi connectivity index (χ1) is 22.0. The van der Waals surface area contributed by atoms with Gasteiger partial charge in [-0.05, 0) is 53.9 Å². The minimum atomic E-state index is -4.58. The largest absolute Gasteiger partial charge is 0.424 e. The molecule has 0 radical (unpaired) electrons. The summed E-state index contributed by atoms with van der Waals surface area (Å²) in [5.74, 6) is 1.29. The van der Waals surface area contributed by atoms with E-state index in [0.717, 1.165) is 40.3 Å². The second-order valence-corrected chi connectivity index (χ2v) is 10.5. The highest BCUT2D eigenvalue weighted by molar-refractivity contribution is 6.02. The van der Waals surface area contributed by atoms with E-state index in [1.807, 2.05) is 62.4 Å². The highest BCUT2D eigenvalue weighted by atomic mass is 19.4. The van der Waals surface area contributed by atoms with Crippen LogP contribution in [0.1, 0.15) is 11.1 Å². The lowest BCUT2D eigenvalue weighted by molar-refractivity contribution is -0.137. The van der Waals surface area contributed by atoms with Gasteiger partial charge in [0.25, 0.3) is 0 Å². The van der Waals surface area contributed by atoms with Gasteiger partial charge in [0.15, 0.2) is 5.65 Å². The molecule has 3 aromatic heterocycles. The molecule has 0 atom stereocenters. The highest BCUT2D eigenvalue weighted by Crippen LogP contribution is 2.37. The zero-order chi connectivity index (χ0) is 32.4. The summed E-state index contributed by atoms with van der Waals surface area (Å²) in [7, 11) is 3.84. The zero-order valence-electron chi connectivity index (χ0n) is 24.9. The lowest BCUT2D eigenvalue weighted by Gasteiger charge is -2.16. The maximum absolute atomic E-state index is 13.5. The molecular formula is C33H27F3N8O2. The Bertz CT molecular complexity index is 2020. The number of halogens is 3. The van der Waals surface area contributed by atoms with Crippen LogP contribution in [0.15, 0.2) is 97.6 Å². The fourth-order valence-corrected chi connectivity index (χ4v) is 4.77. The summed E-state index contributed by atoms with van der Waals surface area (Å²) in [5.41, 5.74) is 3.78. The number of aryl methyl sites for hydroxylation is 1. The number of urea groups is 1. The quantitative estimate of drug-likeness (QED) is 0.188. The first kappa shape index (κ1) is 30.1. The Labute approximate surface area is 261 Å². The molecule has 6 rings (SSSR count). The third-order valence-corrected chi connectivity index (χ3v) is 7.10. The standard InChI is InChI=1S/C33H27F3N8O2/c1-20-6-4-5-7-25(20)26-13-10-22(33(34,35)36)16-28(26)41-31(45)40-23-17-37-32(38-18-23)46-24-11-8-21(9-12-24)27-19-39-44-15-14-29(43(2)3)42-30(27)44/h4-19H,1-3H3,(H2,40,41,45). The van der Waals surface area contributed by atoms with E-state index in [4.69, 9.17) is 4.74 Å². The molecular weight excluding hydrogens is 597 g/mol. The Hall–Kier alpha value is -5.98. The van der Waals surface area contributed by atoms with Crippen LogP contribution < -0.4 is 20.3 Å². The molecule has 0 unspecified atom stereocenters. The lowest BCUT2D eigenvalue weighted by atomic mass is 9.97. The van der Waals surface area contributed by atoms with E-state index in [2.05, 4.69) is 30.7 Å². The van der Waals surface area contributed by atoms with Crippen molar-refractivity contribution in [2.45, 2.75) is 13.1 Å². The summed E-state index contributed by atoms with van der Waals surface area (Å²) in [6.07, 6.45) is 1.68. The van der Waals surface area contributed by atoms with Crippen molar-refractivity contribution in [3.8, 4) is 34.0 Å². The molecule has 3 aromatic carbocycles. The average molecular weight is 625 g/mol. The van der Waals surface area contributed by atoms with Crippen LogP contribution in [0.25, 0.3) is 27.9 Å². The molecule has 0 spiro atoms. The van der Waals surface area contributed by atoms with Gasteiger partial charge in [-0.15, -0.1) is 0 Å². The van der Waals surface area contributed by atoms with Crippen LogP contribution >= 0.6 is 0 Å². The topological polar surface area (TPSA) is 110 Å². The zero-order valence-corrected chi connectivity index (χ0v) is 24.9. The molecule has 0 fully saturated rings. The summed E-state index contributed by atoms with van der Waals surface area (Å²) >= 11 is 0. The molecule has 0 aliphatic carbocycles. The number of nitrogens with zero attached hydrogens (tertiary/aromatic N) is 6. The molecule has 2 N–H and O–H groups in total. The van der Waals surface area contributed by atoms with Gasteiger partial charge < -0.3 is 20.3 Å². The molecule has 2 amide bonds. The second kappa shape index (κ2) is 12.2. The van der Waals surface area contributed by atoms with Gasteiger partial charge in [0.05, 0.1) is 35.5 Å². The Kier molecular flexibility index (Phi) is 7.97. The normalized spacial score (nSPS) is 11.3. The van der Waals surface area contributed by atoms with E-state index in [-0.39, 0.29) is 17.4 Å². The number of rotatable bonds is 7. The van der Waals surface area contributed by atoms with Crippen molar-refractivity contribution >= 4 is 28.9 Å². The van der Waals surface area contributed by atoms with Crippen molar-refractivity contribution in [1.82, 2.24) is 24.6 Å². The number of hydrogen-bond donors (Lipinski definition) is 2. The smallest absolute Gasteiger partial charge is 0.416 e. The van der Waals surface area contributed by atoms with Crippen molar-refractivity contribution in [3.63, 3.8) is 0 Å². The van der Waals surface area contributed by atoms with Crippen LogP contribution in [0, 0.1) is 6.92 Å². The molecule has 3 heterocycles. The molecule has 0 saturated heterocycles. The Morgan fingerprint density at radius 3 is 2.30 bits per heavy atom. The number of benzene rings is 3. The maximum Gasteiger partial charge on any atom is 0.416 e. The third kappa shape index (κ3) is 6.43. The number of alkyl halides is 3. The van der Waals surface area contributed by atoms with Crippen LogP contribution in [-0.2, 0) is 6.18 Å². The number of amides is 2. The van der Waals surface area contributed by atoms with Crippen LogP contribution in [0.4, 0.5) is 35.2 Å². The van der Waals surface area contributed by atoms with Crippen molar-refractivity contribution in [1.29, 1.82) is 0 Å². The summed E-state index contributed by atoms with van der Waals surface area (Å²) < 4.78 is 47.9. The number of fused-ring (bicyclic) bond motifs is 1. The minimum absolute atomic E-state index is 0.00369. The first-order valence-corrected chi connectivity index (χ1v) is 14.0. The third-order valence-electron chi connectivity index (χ3n) is 7.10. The van der Waals surface area contributed by atoms with Gasteiger partial charge in [0, 0.05) is 31.4 Å². The molecule has 6 aromatic rings. The van der Waals surface area contributed by atoms with Crippen molar-refractivity contribution < 1.29 is 22.7 Å². The molecule has 0 aliphatic heterocycles. The fraction of sp³-hybridized carbons (Fsp3) is 0.121. The Balaban J connectivity index is 1.13. The second-order valence-electron chi connectivity index (χ2n) is 10.5. The van der Waals surface area contributed by atoms with Gasteiger partial charge >= 0.3 is 18.2 Å². The van der Waals surface area contributed by atoms with Crippen LogP contribution in [0.5, 0.6) is 11.8 Å². The first-order valence-electron chi connectivity index (χ1n) is 14.0. The van der Waals surface area contributed by atoms with Gasteiger partial charge in [0.2, 0.25) is 0 Å². The lowest BCUT2D eigenvalue weighted by Crippen LogP contribution is -2.20. The van der Waals surface area contributed by atoms with E-state index in [0.29, 0.717) is 16.9 Å². The minimum Gasteiger partial charge on any atom is -0.424 e. The van der Waals surface area contributed by atoms with Gasteiger partial charge in [-0.25, -0.2) is 24.3 Å². The van der Waals surface area contributed by atoms with E-state index in [9.17, 15) is 18.0 Å². The number of carbonyl (C=O) groups excluding carboxylic acids is 1. The van der Waals surface area contributed by atoms with Gasteiger partial charge in [-0.3, -0.25) is 0 Å². The Morgan fingerprint density at radius 1 is 0.870 bits per heavy atom. The summed E-state index contributed by atoms with van der Waals surface area (Å²) in [5, 5.41) is 9.47. The highest BCUT2D eigenvalue weighted by Gasteiger charge is 2.31. The molecule has 46 heavy (non-hydrogen) atoms. The van der Waals surface area contributed by atoms with Crippen molar-refractivity contribution in [3.05, 3.63) is 109 Å². The average Bonchev–Trinajstić information content (AvgIpc) is 3.46. The van der Waals surface area contributed by atoms with Crippen molar-refractivity contribution in [2.24, 2.45) is 0 Å². The van der Waals surface area contributed by atoms with E-state index in [1.54, 1.807) is 35.0 Å². The Morgan fingerprint density at radius 2 is 1.61 bits per heavy atom. The number of carbonyl (C=O) groups is 1. The van der Waals surface area contributed by atoms with Crippen LogP contribution in [0.2, 0.25) is 0 Å². The van der Waals surface area contributed by atoms with Crippen LogP contribution in [-0.4, -0.2) is 44.7 Å². The molecule has 13 heteroatoms. The number of hydrogen-bond acceptors (Lipinski definition) is 7. The molecule has 0 saturated carbocycles. The summed E-state index contributed by atoms with van der Waals surface area (Å²) in [6, 6.07) is 18.9. The summed E-state index contributed by atoms with van der Waals surface area (Å²) in [4.78, 5) is 27.7. The summed E-state index contributed by atoms with van der Waals surface area (Å²) in [6.45, 7) is 1.84. The monoisotopic (exact) mass is 624 g/mol. The SMILES string of the molecule is Cc1ccccc1-c1ccc(C(F)(F)F)cc1NC(=O)Nc1cnc(Oc2ccc(-c3cnn4ccc(N(C)C)nc34)cc2)nc1. The van der Waals surface area contributed by atoms with Crippen LogP contribution in [0.3, 0.4) is 0 Å². The fourth-order valence-electron chi connectivity index (χ4n) is 4.77. The van der Waals surface area contributed by atoms with Crippen molar-refractivity contribution in [2.75, 3.05) is 29.6 Å². The van der Waals surface area contributed by atoms with E-state index < -0.39 is 17.8 Å². The number of ether oxygens (including phenoxy) is 1. The van der Waals surface area contributed by atoms with Gasteiger partial charge in [-0.2, -0.15) is 18.3 Å². The van der Waals surface area contributed by atoms with E-state index >= 15 is 0 Å². The predicted molar refractivity (Wildman–Crippen MR) is 169 cm³/mol. The molecule has 232 valence electrons. The molecule has 10 nitrogen and oxygen atoms in total. The number of nitrogens with one attached hydrogen (secondary N) is 2. The number of anilines is 3. The molecule has 0 bridgehead atoms. The molecule has 0 aliphatic rings. The maximum atomic E-state index is 13.5. The van der Waals surface area contributed by atoms with Gasteiger partial charge in [0.1, 0.15) is 11.6 Å².